The fourth-order valence-electron chi connectivity index (χ4n) is 2.27. The molecule has 0 fully saturated rings. The molecule has 1 N–H and O–H groups in total. The van der Waals surface area contributed by atoms with Crippen molar-refractivity contribution in [1.82, 2.24) is 0 Å². The van der Waals surface area contributed by atoms with E-state index in [4.69, 9.17) is 4.74 Å². The van der Waals surface area contributed by atoms with Gasteiger partial charge in [-0.05, 0) is 62.1 Å². The molecule has 0 radical (unpaired) electrons. The number of aryl methyl sites for hydroxylation is 2. The Morgan fingerprint density at radius 3 is 2.43 bits per heavy atom. The summed E-state index contributed by atoms with van der Waals surface area (Å²) in [7, 11) is 0. The van der Waals surface area contributed by atoms with Crippen LogP contribution < -0.4 is 10.1 Å². The van der Waals surface area contributed by atoms with E-state index in [9.17, 15) is 0 Å². The normalized spacial score (nSPS) is 12.0. The number of rotatable bonds is 6. The van der Waals surface area contributed by atoms with Crippen LogP contribution in [0.25, 0.3) is 0 Å². The van der Waals surface area contributed by atoms with Crippen LogP contribution in [0.15, 0.2) is 42.5 Å². The summed E-state index contributed by atoms with van der Waals surface area (Å²) in [6.45, 7) is 9.32. The predicted molar refractivity (Wildman–Crippen MR) is 90.3 cm³/mol. The standard InChI is InChI=1S/C19H25NO/c1-5-17-9-11-18(12-10-17)21-15(3)13-20-19-8-6-7-14(2)16(19)4/h6-12,15,20H,5,13H2,1-4H3. The summed E-state index contributed by atoms with van der Waals surface area (Å²) in [5.74, 6) is 0.933. The lowest BCUT2D eigenvalue weighted by molar-refractivity contribution is 0.234. The molecule has 0 saturated heterocycles. The maximum atomic E-state index is 5.94. The average Bonchev–Trinajstić information content (AvgIpc) is 2.49. The molecule has 0 aromatic heterocycles. The van der Waals surface area contributed by atoms with Crippen LogP contribution >= 0.6 is 0 Å². The largest absolute Gasteiger partial charge is 0.489 e. The van der Waals surface area contributed by atoms with Crippen LogP contribution in [0.3, 0.4) is 0 Å². The molecule has 2 heteroatoms. The van der Waals surface area contributed by atoms with Crippen molar-refractivity contribution < 1.29 is 4.74 Å². The molecule has 2 aromatic carbocycles. The molecule has 0 amide bonds. The Bertz CT molecular complexity index is 575. The van der Waals surface area contributed by atoms with Crippen LogP contribution in [-0.4, -0.2) is 12.6 Å². The van der Waals surface area contributed by atoms with Crippen molar-refractivity contribution >= 4 is 5.69 Å². The van der Waals surface area contributed by atoms with Gasteiger partial charge in [-0.1, -0.05) is 31.2 Å². The van der Waals surface area contributed by atoms with Crippen LogP contribution in [0.2, 0.25) is 0 Å². The minimum Gasteiger partial charge on any atom is -0.489 e. The lowest BCUT2D eigenvalue weighted by Crippen LogP contribution is -2.23. The smallest absolute Gasteiger partial charge is 0.119 e. The third-order valence-corrected chi connectivity index (χ3v) is 3.85. The van der Waals surface area contributed by atoms with Gasteiger partial charge in [-0.25, -0.2) is 0 Å². The number of hydrogen-bond acceptors (Lipinski definition) is 2. The minimum absolute atomic E-state index is 0.123. The zero-order valence-corrected chi connectivity index (χ0v) is 13.4. The summed E-state index contributed by atoms with van der Waals surface area (Å²) in [6.07, 6.45) is 1.18. The molecule has 0 saturated carbocycles. The molecular weight excluding hydrogens is 258 g/mol. The Balaban J connectivity index is 1.89. The van der Waals surface area contributed by atoms with Crippen molar-refractivity contribution in [2.45, 2.75) is 40.2 Å². The molecule has 2 rings (SSSR count). The maximum absolute atomic E-state index is 5.94. The molecule has 0 aliphatic rings. The summed E-state index contributed by atoms with van der Waals surface area (Å²) < 4.78 is 5.94. The lowest BCUT2D eigenvalue weighted by atomic mass is 10.1. The summed E-state index contributed by atoms with van der Waals surface area (Å²) >= 11 is 0. The first kappa shape index (κ1) is 15.4. The summed E-state index contributed by atoms with van der Waals surface area (Å²) in [4.78, 5) is 0. The van der Waals surface area contributed by atoms with E-state index in [-0.39, 0.29) is 6.10 Å². The highest BCUT2D eigenvalue weighted by Crippen LogP contribution is 2.19. The molecule has 0 heterocycles. The van der Waals surface area contributed by atoms with E-state index in [1.54, 1.807) is 0 Å². The van der Waals surface area contributed by atoms with Crippen LogP contribution in [-0.2, 0) is 6.42 Å². The fourth-order valence-corrected chi connectivity index (χ4v) is 2.27. The monoisotopic (exact) mass is 283 g/mol. The SMILES string of the molecule is CCc1ccc(OC(C)CNc2cccc(C)c2C)cc1. The third-order valence-electron chi connectivity index (χ3n) is 3.85. The van der Waals surface area contributed by atoms with Gasteiger partial charge in [0.1, 0.15) is 11.9 Å². The first-order valence-corrected chi connectivity index (χ1v) is 7.66. The van der Waals surface area contributed by atoms with E-state index >= 15 is 0 Å². The maximum Gasteiger partial charge on any atom is 0.119 e. The Kier molecular flexibility index (Phi) is 5.26. The minimum atomic E-state index is 0.123. The van der Waals surface area contributed by atoms with Crippen molar-refractivity contribution in [2.24, 2.45) is 0 Å². The van der Waals surface area contributed by atoms with Gasteiger partial charge in [-0.15, -0.1) is 0 Å². The summed E-state index contributed by atoms with van der Waals surface area (Å²) in [5.41, 5.74) is 5.14. The van der Waals surface area contributed by atoms with Gasteiger partial charge in [0.15, 0.2) is 0 Å². The van der Waals surface area contributed by atoms with Crippen molar-refractivity contribution in [2.75, 3.05) is 11.9 Å². The molecular formula is C19H25NO. The van der Waals surface area contributed by atoms with Gasteiger partial charge in [0.2, 0.25) is 0 Å². The second kappa shape index (κ2) is 7.16. The van der Waals surface area contributed by atoms with Gasteiger partial charge in [0.25, 0.3) is 0 Å². The highest BCUT2D eigenvalue weighted by molar-refractivity contribution is 5.53. The first-order valence-electron chi connectivity index (χ1n) is 7.66. The third kappa shape index (κ3) is 4.25. The van der Waals surface area contributed by atoms with E-state index in [1.165, 1.54) is 22.4 Å². The predicted octanol–water partition coefficient (Wildman–Crippen LogP) is 4.75. The second-order valence-corrected chi connectivity index (χ2v) is 5.55. The van der Waals surface area contributed by atoms with E-state index in [2.05, 4.69) is 63.3 Å². The van der Waals surface area contributed by atoms with Crippen LogP contribution in [0.1, 0.15) is 30.5 Å². The summed E-state index contributed by atoms with van der Waals surface area (Å²) in [6, 6.07) is 14.7. The molecule has 2 nitrogen and oxygen atoms in total. The Morgan fingerprint density at radius 1 is 1.05 bits per heavy atom. The van der Waals surface area contributed by atoms with Gasteiger partial charge in [-0.2, -0.15) is 0 Å². The molecule has 0 bridgehead atoms. The number of ether oxygens (including phenoxy) is 1. The van der Waals surface area contributed by atoms with E-state index in [0.717, 1.165) is 18.7 Å². The lowest BCUT2D eigenvalue weighted by Gasteiger charge is -2.18. The highest BCUT2D eigenvalue weighted by atomic mass is 16.5. The van der Waals surface area contributed by atoms with Crippen molar-refractivity contribution in [1.29, 1.82) is 0 Å². The van der Waals surface area contributed by atoms with Gasteiger partial charge in [0, 0.05) is 5.69 Å². The van der Waals surface area contributed by atoms with Crippen molar-refractivity contribution in [3.8, 4) is 5.75 Å². The molecule has 2 aromatic rings. The summed E-state index contributed by atoms with van der Waals surface area (Å²) in [5, 5.41) is 3.47. The molecule has 0 spiro atoms. The van der Waals surface area contributed by atoms with Crippen LogP contribution in [0, 0.1) is 13.8 Å². The first-order chi connectivity index (χ1) is 10.1. The van der Waals surface area contributed by atoms with Gasteiger partial charge in [-0.3, -0.25) is 0 Å². The Hall–Kier alpha value is -1.96. The van der Waals surface area contributed by atoms with Crippen LogP contribution in [0.4, 0.5) is 5.69 Å². The number of anilines is 1. The quantitative estimate of drug-likeness (QED) is 0.826. The van der Waals surface area contributed by atoms with Crippen LogP contribution in [0.5, 0.6) is 5.75 Å². The zero-order chi connectivity index (χ0) is 15.2. The van der Waals surface area contributed by atoms with E-state index in [1.807, 2.05) is 12.1 Å². The highest BCUT2D eigenvalue weighted by Gasteiger charge is 2.06. The van der Waals surface area contributed by atoms with Crippen molar-refractivity contribution in [3.05, 3.63) is 59.2 Å². The molecule has 1 atom stereocenters. The molecule has 0 aliphatic heterocycles. The van der Waals surface area contributed by atoms with Crippen molar-refractivity contribution in [3.63, 3.8) is 0 Å². The Morgan fingerprint density at radius 2 is 1.76 bits per heavy atom. The van der Waals surface area contributed by atoms with E-state index < -0.39 is 0 Å². The number of benzene rings is 2. The van der Waals surface area contributed by atoms with Gasteiger partial charge in [0.05, 0.1) is 6.54 Å². The topological polar surface area (TPSA) is 21.3 Å². The molecule has 0 aliphatic carbocycles. The zero-order valence-electron chi connectivity index (χ0n) is 13.4. The Labute approximate surface area is 128 Å². The molecule has 21 heavy (non-hydrogen) atoms. The van der Waals surface area contributed by atoms with E-state index in [0.29, 0.717) is 0 Å². The van der Waals surface area contributed by atoms with Gasteiger partial charge < -0.3 is 10.1 Å². The number of hydrogen-bond donors (Lipinski definition) is 1. The molecule has 112 valence electrons. The average molecular weight is 283 g/mol. The fraction of sp³-hybridized carbons (Fsp3) is 0.368. The molecule has 1 unspecified atom stereocenters. The number of nitrogens with one attached hydrogen (secondary N) is 1. The van der Waals surface area contributed by atoms with Gasteiger partial charge >= 0.3 is 0 Å². The second-order valence-electron chi connectivity index (χ2n) is 5.55.